The van der Waals surface area contributed by atoms with Crippen molar-refractivity contribution in [1.82, 2.24) is 0 Å². The van der Waals surface area contributed by atoms with Gasteiger partial charge >= 0.3 is 104 Å². The van der Waals surface area contributed by atoms with Crippen LogP contribution in [0.3, 0.4) is 0 Å². The third kappa shape index (κ3) is 34.0. The monoisotopic (exact) mass is 740 g/mol. The fourth-order valence-electron chi connectivity index (χ4n) is 3.71. The van der Waals surface area contributed by atoms with Crippen LogP contribution in [0.15, 0.2) is 0 Å². The summed E-state index contributed by atoms with van der Waals surface area (Å²) in [7, 11) is -22.3. The Bertz CT molecular complexity index is 830. The molecule has 13 nitrogen and oxygen atoms in total. The van der Waals surface area contributed by atoms with Crippen molar-refractivity contribution in [2.24, 2.45) is 0 Å². The zero-order valence-corrected chi connectivity index (χ0v) is 37.5. The number of unbranched alkanes of at least 4 members (excludes halogenated alkanes) is 15. The van der Waals surface area contributed by atoms with E-state index in [4.69, 9.17) is 17.9 Å². The molecule has 2 atom stereocenters. The van der Waals surface area contributed by atoms with Crippen LogP contribution < -0.4 is 103 Å². The van der Waals surface area contributed by atoms with Crippen LogP contribution in [0, 0.1) is 0 Å². The number of rotatable bonds is 30. The molecule has 0 bridgehead atoms. The topological polar surface area (TPSA) is 193 Å². The van der Waals surface area contributed by atoms with E-state index >= 15 is 0 Å². The predicted octanol–water partition coefficient (Wildman–Crippen LogP) is -1.31. The van der Waals surface area contributed by atoms with E-state index in [-0.39, 0.29) is 108 Å². The smallest absolute Gasteiger partial charge is 0.790 e. The van der Waals surface area contributed by atoms with Crippen LogP contribution >= 0.6 is 31.3 Å². The van der Waals surface area contributed by atoms with Gasteiger partial charge in [0.05, 0.1) is 27.6 Å². The first-order chi connectivity index (χ1) is 19.3. The fourth-order valence-corrected chi connectivity index (χ4v) is 9.31. The van der Waals surface area contributed by atoms with Crippen molar-refractivity contribution in [2.45, 2.75) is 136 Å². The molecule has 0 saturated carbocycles. The van der Waals surface area contributed by atoms with E-state index in [1.54, 1.807) is 0 Å². The Labute approximate surface area is 332 Å². The van der Waals surface area contributed by atoms with Crippen LogP contribution in [0.4, 0.5) is 0 Å². The summed E-state index contributed by atoms with van der Waals surface area (Å²) in [5, 5.41) is 0. The third-order valence-corrected chi connectivity index (χ3v) is 12.1. The standard InChI is InChI=1S/C24H54O13P4.3Na/c1-4-7-10-13-16-19-22-32-40(30,33-23-20-17-14-11-8-5-2)37-41(31,34-24-21-18-15-12-9-6-3)36-39(28,29)35-38(25,26)27;;;/h4-24H2,1-3H3,(H,28,29)(H2,25,26,27);;;/q;3*+1/p-3. The van der Waals surface area contributed by atoms with E-state index in [1.165, 1.54) is 0 Å². The van der Waals surface area contributed by atoms with Crippen LogP contribution in [-0.4, -0.2) is 19.8 Å². The third-order valence-electron chi connectivity index (χ3n) is 5.84. The molecule has 0 aliphatic rings. The van der Waals surface area contributed by atoms with Crippen LogP contribution in [0.5, 0.6) is 0 Å². The molecule has 0 fully saturated rings. The molecule has 0 aromatic heterocycles. The van der Waals surface area contributed by atoms with Gasteiger partial charge in [0, 0.05) is 0 Å². The van der Waals surface area contributed by atoms with Crippen LogP contribution in [0.25, 0.3) is 0 Å². The van der Waals surface area contributed by atoms with E-state index in [0.29, 0.717) is 25.7 Å². The largest absolute Gasteiger partial charge is 1.00 e. The molecule has 0 aliphatic heterocycles. The first kappa shape index (κ1) is 54.3. The molecule has 44 heavy (non-hydrogen) atoms. The maximum absolute atomic E-state index is 13.5. The molecule has 248 valence electrons. The average Bonchev–Trinajstić information content (AvgIpc) is 2.85. The summed E-state index contributed by atoms with van der Waals surface area (Å²) < 4.78 is 78.1. The number of hydrogen-bond donors (Lipinski definition) is 0. The minimum Gasteiger partial charge on any atom is -0.790 e. The molecule has 0 aliphatic carbocycles. The molecule has 0 heterocycles. The zero-order valence-electron chi connectivity index (χ0n) is 27.9. The molecular formula is C24H51Na3O13P4. The number of phosphoric ester groups is 1. The van der Waals surface area contributed by atoms with Crippen molar-refractivity contribution in [3.05, 3.63) is 0 Å². The SMILES string of the molecule is CCCCCCCCOP(=O)(OCCCCCCCC)OP(=O)(OCCCCCCCC)OP(=O)([O-])OP(=O)([O-])[O-].[Na+].[Na+].[Na+]. The number of hydrogen-bond acceptors (Lipinski definition) is 13. The first-order valence-corrected chi connectivity index (χ1v) is 20.8. The van der Waals surface area contributed by atoms with E-state index in [9.17, 15) is 32.9 Å². The second-order valence-corrected chi connectivity index (χ2v) is 16.1. The second-order valence-electron chi connectivity index (χ2n) is 9.84. The molecule has 20 heteroatoms. The molecule has 0 radical (unpaired) electrons. The van der Waals surface area contributed by atoms with Crippen molar-refractivity contribution in [3.63, 3.8) is 0 Å². The van der Waals surface area contributed by atoms with Crippen LogP contribution in [0.1, 0.15) is 136 Å². The molecule has 2 unspecified atom stereocenters. The van der Waals surface area contributed by atoms with E-state index < -0.39 is 31.3 Å². The molecular weight excluding hydrogens is 689 g/mol. The van der Waals surface area contributed by atoms with Gasteiger partial charge in [-0.1, -0.05) is 117 Å². The minimum atomic E-state index is -6.10. The summed E-state index contributed by atoms with van der Waals surface area (Å²) >= 11 is 0. The second kappa shape index (κ2) is 32.5. The Morgan fingerprint density at radius 3 is 1.02 bits per heavy atom. The first-order valence-electron chi connectivity index (χ1n) is 14.9. The van der Waals surface area contributed by atoms with Gasteiger partial charge in [0.2, 0.25) is 0 Å². The van der Waals surface area contributed by atoms with Crippen LogP contribution in [-0.2, 0) is 44.8 Å². The van der Waals surface area contributed by atoms with Gasteiger partial charge in [0.15, 0.2) is 0 Å². The molecule has 0 rings (SSSR count). The van der Waals surface area contributed by atoms with Crippen molar-refractivity contribution in [2.75, 3.05) is 19.8 Å². The van der Waals surface area contributed by atoms with Gasteiger partial charge in [-0.3, -0.25) is 22.4 Å². The zero-order chi connectivity index (χ0) is 31.1. The quantitative estimate of drug-likeness (QED) is 0.0480. The summed E-state index contributed by atoms with van der Waals surface area (Å²) in [5.74, 6) is 0. The molecule has 0 N–H and O–H groups in total. The van der Waals surface area contributed by atoms with Gasteiger partial charge in [-0.25, -0.2) is 13.4 Å². The Balaban J connectivity index is -0.00000267. The van der Waals surface area contributed by atoms with Gasteiger partial charge in [0.1, 0.15) is 0 Å². The van der Waals surface area contributed by atoms with Crippen molar-refractivity contribution in [1.29, 1.82) is 0 Å². The summed E-state index contributed by atoms with van der Waals surface area (Å²) in [6.07, 6.45) is 15.5. The van der Waals surface area contributed by atoms with Gasteiger partial charge in [-0.05, 0) is 19.3 Å². The maximum atomic E-state index is 13.5. The number of phosphoric acid groups is 4. The van der Waals surface area contributed by atoms with E-state index in [1.807, 2.05) is 0 Å². The normalized spacial score (nSPS) is 14.5. The summed E-state index contributed by atoms with van der Waals surface area (Å²) in [5.41, 5.74) is 0. The van der Waals surface area contributed by atoms with Crippen molar-refractivity contribution in [3.8, 4) is 0 Å². The van der Waals surface area contributed by atoms with Crippen LogP contribution in [0.2, 0.25) is 0 Å². The van der Waals surface area contributed by atoms with Gasteiger partial charge in [-0.2, -0.15) is 4.31 Å². The van der Waals surface area contributed by atoms with Crippen molar-refractivity contribution < 1.29 is 148 Å². The van der Waals surface area contributed by atoms with Gasteiger partial charge in [0.25, 0.3) is 7.82 Å². The van der Waals surface area contributed by atoms with Crippen molar-refractivity contribution >= 4 is 31.3 Å². The Hall–Kier alpha value is 3.56. The van der Waals surface area contributed by atoms with Gasteiger partial charge in [-0.15, -0.1) is 0 Å². The minimum absolute atomic E-state index is 0. The molecule has 0 amide bonds. The summed E-state index contributed by atoms with van der Waals surface area (Å²) in [4.78, 5) is 33.8. The Morgan fingerprint density at radius 2 is 0.705 bits per heavy atom. The van der Waals surface area contributed by atoms with Gasteiger partial charge < -0.3 is 19.2 Å². The Morgan fingerprint density at radius 1 is 0.409 bits per heavy atom. The maximum Gasteiger partial charge on any atom is 1.00 e. The van der Waals surface area contributed by atoms with E-state index in [0.717, 1.165) is 89.9 Å². The Kier molecular flexibility index (Phi) is 40.1. The summed E-state index contributed by atoms with van der Waals surface area (Å²) in [6.45, 7) is 5.67. The molecule has 0 spiro atoms. The average molecular weight is 741 g/mol. The molecule has 0 aromatic rings. The summed E-state index contributed by atoms with van der Waals surface area (Å²) in [6, 6.07) is 0. The van der Waals surface area contributed by atoms with E-state index in [2.05, 4.69) is 29.4 Å². The predicted molar refractivity (Wildman–Crippen MR) is 152 cm³/mol. The fraction of sp³-hybridized carbons (Fsp3) is 1.00. The molecule has 0 aromatic carbocycles. The molecule has 0 saturated heterocycles.